The van der Waals surface area contributed by atoms with E-state index in [0.717, 1.165) is 44.9 Å². The van der Waals surface area contributed by atoms with Crippen molar-refractivity contribution < 1.29 is 25.2 Å². The Morgan fingerprint density at radius 1 is 1.03 bits per heavy atom. The first-order valence-electron chi connectivity index (χ1n) is 11.8. The quantitative estimate of drug-likeness (QED) is 0.571. The van der Waals surface area contributed by atoms with Gasteiger partial charge in [-0.3, -0.25) is 4.79 Å². The molecule has 0 aliphatic heterocycles. The van der Waals surface area contributed by atoms with Crippen LogP contribution in [0.4, 0.5) is 0 Å². The van der Waals surface area contributed by atoms with Gasteiger partial charge in [-0.1, -0.05) is 20.8 Å². The van der Waals surface area contributed by atoms with Crippen LogP contribution < -0.4 is 0 Å². The Bertz CT molecular complexity index is 637. The van der Waals surface area contributed by atoms with Gasteiger partial charge in [0.25, 0.3) is 0 Å². The minimum absolute atomic E-state index is 0.0957. The molecule has 0 radical (unpaired) electrons. The van der Waals surface area contributed by atoms with Gasteiger partial charge in [-0.25, -0.2) is 0 Å². The Labute approximate surface area is 174 Å². The van der Waals surface area contributed by atoms with Crippen LogP contribution >= 0.6 is 0 Å². The molecule has 0 aromatic heterocycles. The lowest BCUT2D eigenvalue weighted by molar-refractivity contribution is -0.207. The normalized spacial score (nSPS) is 52.9. The van der Waals surface area contributed by atoms with Crippen LogP contribution in [0.15, 0.2) is 0 Å². The standard InChI is InChI=1S/C24H40O5/c1-13(4-7-21(28)29)16-5-6-17-22-18(12-20(27)24(16,17)3)23(2)9-8-15(25)10-14(23)11-19(22)26/h13-20,22,25-27H,4-12H2,1-3H3,(H,28,29)/t13?,14?,15-,16?,17+,18+,19-,20+,22+,23+,24-/m1/s1. The first-order valence-corrected chi connectivity index (χ1v) is 11.8. The summed E-state index contributed by atoms with van der Waals surface area (Å²) in [5.41, 5.74) is -0.143. The predicted molar refractivity (Wildman–Crippen MR) is 110 cm³/mol. The Morgan fingerprint density at radius 3 is 2.45 bits per heavy atom. The van der Waals surface area contributed by atoms with Gasteiger partial charge in [-0.05, 0) is 97.7 Å². The van der Waals surface area contributed by atoms with E-state index in [1.165, 1.54) is 0 Å². The van der Waals surface area contributed by atoms with Gasteiger partial charge in [0.1, 0.15) is 0 Å². The van der Waals surface area contributed by atoms with Crippen LogP contribution in [-0.4, -0.2) is 44.7 Å². The average Bonchev–Trinajstić information content (AvgIpc) is 3.01. The molecule has 4 aliphatic rings. The number of carboxylic acids is 1. The molecule has 5 heteroatoms. The fourth-order valence-electron chi connectivity index (χ4n) is 8.68. The number of fused-ring (bicyclic) bond motifs is 5. The van der Waals surface area contributed by atoms with Gasteiger partial charge < -0.3 is 20.4 Å². The molecule has 4 aliphatic carbocycles. The Kier molecular flexibility index (Phi) is 5.57. The van der Waals surface area contributed by atoms with Crippen molar-refractivity contribution in [3.05, 3.63) is 0 Å². The SMILES string of the molecule is CC(CCC(=O)O)C1CC[C@H]2[C@@H]3[C@H](O)CC4C[C@H](O)CC[C@]4(C)[C@H]3C[C@H](O)[C@]12C. The molecule has 0 bridgehead atoms. The molecule has 29 heavy (non-hydrogen) atoms. The Balaban J connectivity index is 1.61. The van der Waals surface area contributed by atoms with Crippen molar-refractivity contribution in [1.82, 2.24) is 0 Å². The monoisotopic (exact) mass is 408 g/mol. The minimum Gasteiger partial charge on any atom is -0.481 e. The largest absolute Gasteiger partial charge is 0.481 e. The second-order valence-electron chi connectivity index (χ2n) is 11.4. The number of carboxylic acid groups (broad SMARTS) is 1. The van der Waals surface area contributed by atoms with Crippen LogP contribution in [0, 0.1) is 46.3 Å². The van der Waals surface area contributed by atoms with E-state index in [4.69, 9.17) is 5.11 Å². The smallest absolute Gasteiger partial charge is 0.303 e. The highest BCUT2D eigenvalue weighted by atomic mass is 16.4. The van der Waals surface area contributed by atoms with E-state index in [-0.39, 0.29) is 41.3 Å². The van der Waals surface area contributed by atoms with Crippen molar-refractivity contribution >= 4 is 5.97 Å². The second-order valence-corrected chi connectivity index (χ2v) is 11.4. The number of aliphatic hydroxyl groups is 3. The van der Waals surface area contributed by atoms with Crippen molar-refractivity contribution in [3.8, 4) is 0 Å². The number of hydrogen-bond acceptors (Lipinski definition) is 4. The zero-order chi connectivity index (χ0) is 21.1. The Hall–Kier alpha value is -0.650. The summed E-state index contributed by atoms with van der Waals surface area (Å²) in [4.78, 5) is 11.1. The molecule has 4 saturated carbocycles. The van der Waals surface area contributed by atoms with E-state index < -0.39 is 12.1 Å². The van der Waals surface area contributed by atoms with Crippen molar-refractivity contribution in [1.29, 1.82) is 0 Å². The van der Waals surface area contributed by atoms with Gasteiger partial charge >= 0.3 is 5.97 Å². The molecule has 4 N–H and O–H groups in total. The first-order chi connectivity index (χ1) is 13.6. The average molecular weight is 409 g/mol. The van der Waals surface area contributed by atoms with Crippen molar-refractivity contribution in [2.45, 2.75) is 96.9 Å². The van der Waals surface area contributed by atoms with Crippen LogP contribution in [0.5, 0.6) is 0 Å². The van der Waals surface area contributed by atoms with Crippen LogP contribution in [0.2, 0.25) is 0 Å². The minimum atomic E-state index is -0.748. The number of aliphatic carboxylic acids is 1. The number of rotatable bonds is 4. The van der Waals surface area contributed by atoms with Gasteiger partial charge in [0.15, 0.2) is 0 Å². The molecule has 0 spiro atoms. The maximum atomic E-state index is 11.5. The number of hydrogen-bond donors (Lipinski definition) is 4. The van der Waals surface area contributed by atoms with Gasteiger partial charge in [-0.2, -0.15) is 0 Å². The summed E-state index contributed by atoms with van der Waals surface area (Å²) in [6.45, 7) is 6.72. The lowest BCUT2D eigenvalue weighted by Gasteiger charge is -2.63. The van der Waals surface area contributed by atoms with E-state index in [0.29, 0.717) is 30.1 Å². The third-order valence-corrected chi connectivity index (χ3v) is 10.3. The highest BCUT2D eigenvalue weighted by molar-refractivity contribution is 5.66. The molecule has 0 aromatic carbocycles. The summed E-state index contributed by atoms with van der Waals surface area (Å²) in [5, 5.41) is 42.0. The molecular formula is C24H40O5. The predicted octanol–water partition coefficient (Wildman–Crippen LogP) is 3.45. The van der Waals surface area contributed by atoms with Gasteiger partial charge in [0.2, 0.25) is 0 Å². The van der Waals surface area contributed by atoms with E-state index in [9.17, 15) is 20.1 Å². The number of carbonyl (C=O) groups is 1. The third-order valence-electron chi connectivity index (χ3n) is 10.3. The molecule has 0 amide bonds. The fourth-order valence-corrected chi connectivity index (χ4v) is 8.68. The molecule has 166 valence electrons. The molecule has 0 heterocycles. The summed E-state index contributed by atoms with van der Waals surface area (Å²) in [6, 6.07) is 0. The van der Waals surface area contributed by atoms with Crippen LogP contribution in [-0.2, 0) is 4.79 Å². The maximum Gasteiger partial charge on any atom is 0.303 e. The highest BCUT2D eigenvalue weighted by Crippen LogP contribution is 2.68. The molecule has 0 saturated heterocycles. The van der Waals surface area contributed by atoms with E-state index in [2.05, 4.69) is 20.8 Å². The van der Waals surface area contributed by atoms with Crippen LogP contribution in [0.1, 0.15) is 78.6 Å². The molecular weight excluding hydrogens is 368 g/mol. The van der Waals surface area contributed by atoms with Crippen molar-refractivity contribution in [2.24, 2.45) is 46.3 Å². The molecule has 4 rings (SSSR count). The van der Waals surface area contributed by atoms with E-state index in [1.54, 1.807) is 0 Å². The highest BCUT2D eigenvalue weighted by Gasteiger charge is 2.65. The summed E-state index contributed by atoms with van der Waals surface area (Å²) in [7, 11) is 0. The van der Waals surface area contributed by atoms with Crippen molar-refractivity contribution in [3.63, 3.8) is 0 Å². The topological polar surface area (TPSA) is 98.0 Å². The summed E-state index contributed by atoms with van der Waals surface area (Å²) in [5.74, 6) is 0.997. The van der Waals surface area contributed by atoms with E-state index >= 15 is 0 Å². The van der Waals surface area contributed by atoms with Crippen molar-refractivity contribution in [2.75, 3.05) is 0 Å². The van der Waals surface area contributed by atoms with Gasteiger partial charge in [0.05, 0.1) is 18.3 Å². The summed E-state index contributed by atoms with van der Waals surface area (Å²) >= 11 is 0. The maximum absolute atomic E-state index is 11.5. The molecule has 3 unspecified atom stereocenters. The fraction of sp³-hybridized carbons (Fsp3) is 0.958. The van der Waals surface area contributed by atoms with Crippen LogP contribution in [0.25, 0.3) is 0 Å². The van der Waals surface area contributed by atoms with Gasteiger partial charge in [0, 0.05) is 6.42 Å². The Morgan fingerprint density at radius 2 is 1.76 bits per heavy atom. The molecule has 5 nitrogen and oxygen atoms in total. The van der Waals surface area contributed by atoms with Crippen LogP contribution in [0.3, 0.4) is 0 Å². The zero-order valence-electron chi connectivity index (χ0n) is 18.3. The second kappa shape index (κ2) is 7.49. The first kappa shape index (κ1) is 21.6. The molecule has 4 fully saturated rings. The third kappa shape index (κ3) is 3.27. The lowest BCUT2D eigenvalue weighted by Crippen LogP contribution is -2.62. The summed E-state index contributed by atoms with van der Waals surface area (Å²) < 4.78 is 0. The zero-order valence-corrected chi connectivity index (χ0v) is 18.3. The molecule has 11 atom stereocenters. The summed E-state index contributed by atoms with van der Waals surface area (Å²) in [6.07, 6.45) is 6.00. The number of aliphatic hydroxyl groups excluding tert-OH is 3. The molecule has 0 aromatic rings. The van der Waals surface area contributed by atoms with E-state index in [1.807, 2.05) is 0 Å². The lowest BCUT2D eigenvalue weighted by atomic mass is 9.43. The van der Waals surface area contributed by atoms with Gasteiger partial charge in [-0.15, -0.1) is 0 Å².